The van der Waals surface area contributed by atoms with Gasteiger partial charge in [0.25, 0.3) is 0 Å². The molecule has 2 aromatic rings. The second-order valence-electron chi connectivity index (χ2n) is 8.70. The van der Waals surface area contributed by atoms with Crippen LogP contribution in [0.1, 0.15) is 55.7 Å². The second kappa shape index (κ2) is 12.7. The summed E-state index contributed by atoms with van der Waals surface area (Å²) >= 11 is 1.60. The predicted octanol–water partition coefficient (Wildman–Crippen LogP) is 5.10. The van der Waals surface area contributed by atoms with Crippen LogP contribution in [0.2, 0.25) is 0 Å². The molecule has 0 bridgehead atoms. The van der Waals surface area contributed by atoms with Crippen molar-refractivity contribution in [2.75, 3.05) is 12.9 Å². The molecule has 1 fully saturated rings. The predicted molar refractivity (Wildman–Crippen MR) is 135 cm³/mol. The lowest BCUT2D eigenvalue weighted by Gasteiger charge is -2.31. The number of nitrogens with one attached hydrogen (secondary N) is 1. The van der Waals surface area contributed by atoms with Gasteiger partial charge in [-0.15, -0.1) is 11.8 Å². The Morgan fingerprint density at radius 3 is 2.45 bits per heavy atom. The number of methoxy groups -OCH3 is 1. The molecule has 0 saturated heterocycles. The van der Waals surface area contributed by atoms with Crippen LogP contribution in [-0.4, -0.2) is 41.7 Å². The summed E-state index contributed by atoms with van der Waals surface area (Å²) in [7, 11) is 1.64. The lowest BCUT2D eigenvalue weighted by molar-refractivity contribution is -0.139. The first-order valence-corrected chi connectivity index (χ1v) is 13.0. The van der Waals surface area contributed by atoms with Crippen LogP contribution in [0.25, 0.3) is 0 Å². The molecule has 33 heavy (non-hydrogen) atoms. The molecule has 0 unspecified atom stereocenters. The maximum atomic E-state index is 13.4. The largest absolute Gasteiger partial charge is 0.497 e. The quantitative estimate of drug-likeness (QED) is 0.498. The van der Waals surface area contributed by atoms with Gasteiger partial charge in [0.1, 0.15) is 11.8 Å². The van der Waals surface area contributed by atoms with Crippen molar-refractivity contribution < 1.29 is 14.3 Å². The number of benzene rings is 2. The third kappa shape index (κ3) is 7.26. The minimum Gasteiger partial charge on any atom is -0.497 e. The first kappa shape index (κ1) is 25.2. The van der Waals surface area contributed by atoms with E-state index in [1.807, 2.05) is 43.3 Å². The molecule has 0 aliphatic heterocycles. The van der Waals surface area contributed by atoms with Crippen molar-refractivity contribution in [3.63, 3.8) is 0 Å². The van der Waals surface area contributed by atoms with Crippen LogP contribution in [0.4, 0.5) is 0 Å². The molecule has 0 heterocycles. The fraction of sp³-hybridized carbons (Fsp3) is 0.481. The molecule has 0 spiro atoms. The maximum Gasteiger partial charge on any atom is 0.243 e. The van der Waals surface area contributed by atoms with Crippen molar-refractivity contribution >= 4 is 23.6 Å². The molecule has 1 saturated carbocycles. The topological polar surface area (TPSA) is 58.6 Å². The van der Waals surface area contributed by atoms with E-state index in [0.29, 0.717) is 18.7 Å². The van der Waals surface area contributed by atoms with Crippen LogP contribution < -0.4 is 10.1 Å². The van der Waals surface area contributed by atoms with Gasteiger partial charge in [-0.25, -0.2) is 0 Å². The summed E-state index contributed by atoms with van der Waals surface area (Å²) in [5.41, 5.74) is 3.46. The van der Waals surface area contributed by atoms with E-state index in [1.54, 1.807) is 23.8 Å². The van der Waals surface area contributed by atoms with E-state index in [-0.39, 0.29) is 17.9 Å². The Morgan fingerprint density at radius 1 is 1.12 bits per heavy atom. The van der Waals surface area contributed by atoms with Gasteiger partial charge in [-0.2, -0.15) is 0 Å². The van der Waals surface area contributed by atoms with Crippen LogP contribution in [0, 0.1) is 6.92 Å². The Balaban J connectivity index is 1.71. The molecule has 2 amide bonds. The molecular weight excluding hydrogens is 432 g/mol. The van der Waals surface area contributed by atoms with Gasteiger partial charge in [0.15, 0.2) is 0 Å². The summed E-state index contributed by atoms with van der Waals surface area (Å²) in [5.74, 6) is 1.86. The second-order valence-corrected chi connectivity index (χ2v) is 9.69. The third-order valence-electron chi connectivity index (χ3n) is 6.34. The van der Waals surface area contributed by atoms with Gasteiger partial charge in [0, 0.05) is 18.3 Å². The van der Waals surface area contributed by atoms with E-state index in [9.17, 15) is 9.59 Å². The van der Waals surface area contributed by atoms with Gasteiger partial charge in [0.05, 0.1) is 12.9 Å². The minimum atomic E-state index is -0.473. The zero-order valence-electron chi connectivity index (χ0n) is 20.0. The zero-order chi connectivity index (χ0) is 23.6. The average molecular weight is 469 g/mol. The molecule has 1 atom stereocenters. The van der Waals surface area contributed by atoms with Gasteiger partial charge in [-0.3, -0.25) is 9.59 Å². The van der Waals surface area contributed by atoms with Gasteiger partial charge >= 0.3 is 0 Å². The van der Waals surface area contributed by atoms with E-state index in [1.165, 1.54) is 11.1 Å². The Hall–Kier alpha value is -2.47. The van der Waals surface area contributed by atoms with Crippen molar-refractivity contribution in [1.82, 2.24) is 10.2 Å². The molecule has 1 N–H and O–H groups in total. The molecule has 5 nitrogen and oxygen atoms in total. The van der Waals surface area contributed by atoms with Crippen molar-refractivity contribution in [3.8, 4) is 5.75 Å². The number of rotatable bonds is 11. The fourth-order valence-corrected chi connectivity index (χ4v) is 5.30. The Morgan fingerprint density at radius 2 is 1.82 bits per heavy atom. The number of amides is 2. The number of aryl methyl sites for hydroxylation is 1. The van der Waals surface area contributed by atoms with Crippen LogP contribution in [0.5, 0.6) is 5.75 Å². The Kier molecular flexibility index (Phi) is 9.67. The third-order valence-corrected chi connectivity index (χ3v) is 7.31. The number of nitrogens with zero attached hydrogens (tertiary/aromatic N) is 1. The highest BCUT2D eigenvalue weighted by molar-refractivity contribution is 7.99. The van der Waals surface area contributed by atoms with E-state index >= 15 is 0 Å². The number of hydrogen-bond acceptors (Lipinski definition) is 4. The number of carbonyl (C=O) groups is 2. The van der Waals surface area contributed by atoms with Gasteiger partial charge < -0.3 is 15.0 Å². The van der Waals surface area contributed by atoms with Crippen molar-refractivity contribution in [2.45, 2.75) is 70.3 Å². The van der Waals surface area contributed by atoms with E-state index in [2.05, 4.69) is 24.4 Å². The summed E-state index contributed by atoms with van der Waals surface area (Å²) in [4.78, 5) is 28.3. The average Bonchev–Trinajstić information content (AvgIpc) is 3.33. The summed E-state index contributed by atoms with van der Waals surface area (Å²) < 4.78 is 5.26. The molecular formula is C27H36N2O3S. The van der Waals surface area contributed by atoms with Gasteiger partial charge in [-0.05, 0) is 55.0 Å². The zero-order valence-corrected chi connectivity index (χ0v) is 20.8. The van der Waals surface area contributed by atoms with Crippen LogP contribution in [0.15, 0.2) is 48.5 Å². The molecule has 0 radical (unpaired) electrons. The summed E-state index contributed by atoms with van der Waals surface area (Å²) in [6.07, 6.45) is 4.96. The normalized spacial score (nSPS) is 14.6. The Labute approximate surface area is 202 Å². The fourth-order valence-electron chi connectivity index (χ4n) is 4.32. The maximum absolute atomic E-state index is 13.4. The summed E-state index contributed by atoms with van der Waals surface area (Å²) in [5, 5.41) is 3.20. The lowest BCUT2D eigenvalue weighted by Crippen LogP contribution is -2.51. The number of thioether (sulfide) groups is 1. The smallest absolute Gasteiger partial charge is 0.243 e. The van der Waals surface area contributed by atoms with Crippen LogP contribution in [0.3, 0.4) is 0 Å². The van der Waals surface area contributed by atoms with E-state index < -0.39 is 6.04 Å². The van der Waals surface area contributed by atoms with Crippen LogP contribution in [-0.2, 0) is 21.9 Å². The first-order valence-electron chi connectivity index (χ1n) is 11.9. The van der Waals surface area contributed by atoms with E-state index in [4.69, 9.17) is 4.74 Å². The standard InChI is InChI=1S/C27H36N2O3S/c1-4-25(27(31)28-23-11-7-8-12-23)29(17-21-13-15-24(32-3)16-14-21)26(30)19-33-18-22-10-6-5-9-20(22)2/h5-6,9-10,13-16,23,25H,4,7-8,11-12,17-19H2,1-3H3,(H,28,31)/t25-/m0/s1. The summed E-state index contributed by atoms with van der Waals surface area (Å²) in [6, 6.07) is 15.7. The molecule has 3 rings (SSSR count). The molecule has 2 aromatic carbocycles. The SMILES string of the molecule is CC[C@@H](C(=O)NC1CCCC1)N(Cc1ccc(OC)cc1)C(=O)CSCc1ccccc1C. The van der Waals surface area contributed by atoms with Gasteiger partial charge in [0.2, 0.25) is 11.8 Å². The molecule has 6 heteroatoms. The number of carbonyl (C=O) groups excluding carboxylic acids is 2. The molecule has 1 aliphatic carbocycles. The first-order chi connectivity index (χ1) is 16.0. The monoisotopic (exact) mass is 468 g/mol. The highest BCUT2D eigenvalue weighted by Crippen LogP contribution is 2.22. The lowest BCUT2D eigenvalue weighted by atomic mass is 10.1. The number of hydrogen-bond donors (Lipinski definition) is 1. The molecule has 178 valence electrons. The molecule has 0 aromatic heterocycles. The summed E-state index contributed by atoms with van der Waals surface area (Å²) in [6.45, 7) is 4.48. The van der Waals surface area contributed by atoms with Crippen LogP contribution >= 0.6 is 11.8 Å². The minimum absolute atomic E-state index is 0.00201. The van der Waals surface area contributed by atoms with Crippen molar-refractivity contribution in [1.29, 1.82) is 0 Å². The molecule has 1 aliphatic rings. The van der Waals surface area contributed by atoms with Crippen molar-refractivity contribution in [2.24, 2.45) is 0 Å². The van der Waals surface area contributed by atoms with E-state index in [0.717, 1.165) is 42.7 Å². The van der Waals surface area contributed by atoms with Crippen molar-refractivity contribution in [3.05, 3.63) is 65.2 Å². The van der Waals surface area contributed by atoms with Gasteiger partial charge in [-0.1, -0.05) is 56.2 Å². The highest BCUT2D eigenvalue weighted by atomic mass is 32.2. The Bertz CT molecular complexity index is 910. The number of ether oxygens (including phenoxy) is 1. The highest BCUT2D eigenvalue weighted by Gasteiger charge is 2.30.